The number of aromatic nitrogens is 3. The molecule has 4 N–H and O–H groups in total. The largest absolute Gasteiger partial charge is 0.484 e. The lowest BCUT2D eigenvalue weighted by atomic mass is 9.85. The van der Waals surface area contributed by atoms with E-state index in [2.05, 4.69) is 36.3 Å². The van der Waals surface area contributed by atoms with E-state index in [-0.39, 0.29) is 35.0 Å². The van der Waals surface area contributed by atoms with Gasteiger partial charge in [0.05, 0.1) is 37.7 Å². The highest BCUT2D eigenvalue weighted by molar-refractivity contribution is 5.88. The zero-order valence-corrected chi connectivity index (χ0v) is 26.5. The van der Waals surface area contributed by atoms with Gasteiger partial charge in [-0.2, -0.15) is 5.10 Å². The van der Waals surface area contributed by atoms with E-state index in [1.807, 2.05) is 48.9 Å². The third-order valence-electron chi connectivity index (χ3n) is 8.27. The van der Waals surface area contributed by atoms with Gasteiger partial charge in [-0.3, -0.25) is 25.6 Å². The van der Waals surface area contributed by atoms with Crippen molar-refractivity contribution in [3.63, 3.8) is 0 Å². The maximum atomic E-state index is 13.4. The van der Waals surface area contributed by atoms with Crippen LogP contribution in [0.2, 0.25) is 0 Å². The number of morpholine rings is 1. The quantitative estimate of drug-likeness (QED) is 0.212. The van der Waals surface area contributed by atoms with Crippen molar-refractivity contribution in [3.05, 3.63) is 71.0 Å². The summed E-state index contributed by atoms with van der Waals surface area (Å²) < 4.78 is 15.4. The molecule has 5 rings (SSSR count). The molecule has 44 heavy (non-hydrogen) atoms. The predicted molar refractivity (Wildman–Crippen MR) is 170 cm³/mol. The zero-order chi connectivity index (χ0) is 31.4. The molecule has 0 bridgehead atoms. The molecule has 3 heterocycles. The van der Waals surface area contributed by atoms with E-state index in [1.54, 1.807) is 22.9 Å². The summed E-state index contributed by atoms with van der Waals surface area (Å²) in [5.74, 6) is 1.62. The summed E-state index contributed by atoms with van der Waals surface area (Å²) >= 11 is 0. The summed E-state index contributed by atoms with van der Waals surface area (Å²) in [6.07, 6.45) is 2.93. The molecule has 2 atom stereocenters. The summed E-state index contributed by atoms with van der Waals surface area (Å²) in [7, 11) is 0. The molecule has 3 aromatic rings. The van der Waals surface area contributed by atoms with Crippen molar-refractivity contribution in [1.82, 2.24) is 24.6 Å². The Kier molecular flexibility index (Phi) is 9.55. The van der Waals surface area contributed by atoms with Crippen LogP contribution in [0, 0.1) is 16.7 Å². The number of anilines is 1. The Morgan fingerprint density at radius 3 is 2.52 bits per heavy atom. The number of carbonyl (C=O) groups excluding carboxylic acids is 1. The molecule has 0 saturated carbocycles. The maximum absolute atomic E-state index is 13.4. The number of hydrogen-bond acceptors (Lipinski definition) is 7. The summed E-state index contributed by atoms with van der Waals surface area (Å²) in [6, 6.07) is 13.0. The Bertz CT molecular complexity index is 1530. The number of carbonyl (C=O) groups is 1. The molecule has 11 heteroatoms. The summed E-state index contributed by atoms with van der Waals surface area (Å²) in [5.41, 5.74) is 3.07. The Labute approximate surface area is 259 Å². The first kappa shape index (κ1) is 31.5. The highest BCUT2D eigenvalue weighted by Crippen LogP contribution is 2.38. The zero-order valence-electron chi connectivity index (χ0n) is 26.5. The van der Waals surface area contributed by atoms with Crippen molar-refractivity contribution < 1.29 is 14.3 Å². The predicted octanol–water partition coefficient (Wildman–Crippen LogP) is 5.05. The fourth-order valence-electron chi connectivity index (χ4n) is 5.64. The number of rotatable bonds is 8. The lowest BCUT2D eigenvalue weighted by Crippen LogP contribution is -2.39. The van der Waals surface area contributed by atoms with Crippen molar-refractivity contribution in [3.8, 4) is 5.75 Å². The molecule has 1 aliphatic heterocycles. The van der Waals surface area contributed by atoms with Crippen LogP contribution in [0.25, 0.3) is 0 Å². The third-order valence-corrected chi connectivity index (χ3v) is 8.27. The Hall–Kier alpha value is -3.96. The standard InChI is InChI=1S/C33H46N8O3/c1-22(2)31(35)40-21-23(10-13-29(40)34)44-27-12-11-26(24-8-6-7-9-25(24)27)36-32(42)37-30-20-28(33(3,4)5)38-41(30)15-14-39-16-18-43-19-17-39/h6-10,13,20-22,26-27,34-35H,11-12,14-19H2,1-5H3,(H2,36,37,42)/t26-,27+/m0/s1. The van der Waals surface area contributed by atoms with Gasteiger partial charge >= 0.3 is 6.03 Å². The fourth-order valence-corrected chi connectivity index (χ4v) is 5.64. The van der Waals surface area contributed by atoms with Crippen LogP contribution in [0.4, 0.5) is 10.6 Å². The fraction of sp³-hybridized carbons (Fsp3) is 0.515. The first-order valence-electron chi connectivity index (χ1n) is 15.6. The van der Waals surface area contributed by atoms with Crippen LogP contribution in [0.3, 0.4) is 0 Å². The summed E-state index contributed by atoms with van der Waals surface area (Å²) in [5, 5.41) is 27.7. The van der Waals surface area contributed by atoms with Crippen molar-refractivity contribution >= 4 is 17.7 Å². The Morgan fingerprint density at radius 2 is 1.82 bits per heavy atom. The van der Waals surface area contributed by atoms with Gasteiger partial charge in [-0.25, -0.2) is 9.48 Å². The van der Waals surface area contributed by atoms with E-state index in [1.165, 1.54) is 0 Å². The average Bonchev–Trinajstić information content (AvgIpc) is 3.41. The number of hydrogen-bond donors (Lipinski definition) is 4. The Morgan fingerprint density at radius 1 is 1.09 bits per heavy atom. The van der Waals surface area contributed by atoms with Gasteiger partial charge in [-0.1, -0.05) is 58.9 Å². The van der Waals surface area contributed by atoms with E-state index in [9.17, 15) is 4.79 Å². The number of urea groups is 1. The topological polar surface area (TPSA) is 133 Å². The smallest absolute Gasteiger partial charge is 0.320 e. The molecule has 1 aromatic carbocycles. The second-order valence-corrected chi connectivity index (χ2v) is 13.0. The van der Waals surface area contributed by atoms with Crippen LogP contribution < -0.4 is 20.9 Å². The van der Waals surface area contributed by atoms with Gasteiger partial charge in [0.15, 0.2) is 0 Å². The highest BCUT2D eigenvalue weighted by Gasteiger charge is 2.30. The van der Waals surface area contributed by atoms with Gasteiger partial charge in [-0.15, -0.1) is 0 Å². The van der Waals surface area contributed by atoms with Gasteiger partial charge in [0, 0.05) is 37.0 Å². The molecular weight excluding hydrogens is 556 g/mol. The van der Waals surface area contributed by atoms with E-state index in [4.69, 9.17) is 25.4 Å². The molecule has 0 unspecified atom stereocenters. The first-order valence-corrected chi connectivity index (χ1v) is 15.6. The van der Waals surface area contributed by atoms with E-state index in [0.29, 0.717) is 36.8 Å². The average molecular weight is 603 g/mol. The number of benzene rings is 1. The molecule has 2 aromatic heterocycles. The minimum atomic E-state index is -0.267. The van der Waals surface area contributed by atoms with Gasteiger partial charge < -0.3 is 14.8 Å². The van der Waals surface area contributed by atoms with Crippen LogP contribution in [-0.2, 0) is 16.7 Å². The number of ether oxygens (including phenoxy) is 2. The summed E-state index contributed by atoms with van der Waals surface area (Å²) in [4.78, 5) is 15.8. The van der Waals surface area contributed by atoms with Crippen LogP contribution in [0.5, 0.6) is 5.75 Å². The molecule has 0 radical (unpaired) electrons. The molecule has 2 amide bonds. The van der Waals surface area contributed by atoms with Crippen molar-refractivity contribution in [2.45, 2.75) is 71.6 Å². The van der Waals surface area contributed by atoms with Crippen molar-refractivity contribution in [2.24, 2.45) is 5.92 Å². The van der Waals surface area contributed by atoms with Crippen LogP contribution in [0.15, 0.2) is 48.7 Å². The molecule has 11 nitrogen and oxygen atoms in total. The number of fused-ring (bicyclic) bond motifs is 1. The Balaban J connectivity index is 1.28. The van der Waals surface area contributed by atoms with Crippen molar-refractivity contribution in [1.29, 1.82) is 10.8 Å². The van der Waals surface area contributed by atoms with E-state index >= 15 is 0 Å². The van der Waals surface area contributed by atoms with E-state index in [0.717, 1.165) is 49.7 Å². The van der Waals surface area contributed by atoms with Crippen LogP contribution >= 0.6 is 0 Å². The number of pyridine rings is 1. The molecule has 236 valence electrons. The normalized spacial score (nSPS) is 19.0. The minimum Gasteiger partial charge on any atom is -0.484 e. The van der Waals surface area contributed by atoms with Crippen LogP contribution in [0.1, 0.15) is 76.4 Å². The lowest BCUT2D eigenvalue weighted by Gasteiger charge is -2.32. The van der Waals surface area contributed by atoms with Gasteiger partial charge in [0.2, 0.25) is 0 Å². The monoisotopic (exact) mass is 602 g/mol. The van der Waals surface area contributed by atoms with Gasteiger partial charge in [-0.05, 0) is 36.1 Å². The van der Waals surface area contributed by atoms with Crippen LogP contribution in [-0.4, -0.2) is 64.0 Å². The number of nitrogens with zero attached hydrogens (tertiary/aromatic N) is 4. The number of amides is 2. The number of nitrogens with one attached hydrogen (secondary N) is 4. The van der Waals surface area contributed by atoms with Gasteiger partial charge in [0.1, 0.15) is 29.0 Å². The summed E-state index contributed by atoms with van der Waals surface area (Å²) in [6.45, 7) is 15.1. The van der Waals surface area contributed by atoms with Crippen molar-refractivity contribution in [2.75, 3.05) is 38.2 Å². The SMILES string of the molecule is CC(C)C(=N)n1cc(O[C@@H]2CC[C@H](NC(=O)Nc3cc(C(C)(C)C)nn3CCN3CCOCC3)c3ccccc32)ccc1=N. The second kappa shape index (κ2) is 13.4. The molecule has 1 aliphatic carbocycles. The molecule has 1 fully saturated rings. The molecule has 0 spiro atoms. The second-order valence-electron chi connectivity index (χ2n) is 13.0. The maximum Gasteiger partial charge on any atom is 0.320 e. The molecular formula is C33H46N8O3. The first-order chi connectivity index (χ1) is 21.0. The van der Waals surface area contributed by atoms with E-state index < -0.39 is 0 Å². The molecule has 2 aliphatic rings. The third kappa shape index (κ3) is 7.39. The minimum absolute atomic E-state index is 0.0174. The van der Waals surface area contributed by atoms with Gasteiger partial charge in [0.25, 0.3) is 0 Å². The molecule has 1 saturated heterocycles. The highest BCUT2D eigenvalue weighted by atomic mass is 16.5. The lowest BCUT2D eigenvalue weighted by molar-refractivity contribution is 0.0360.